The summed E-state index contributed by atoms with van der Waals surface area (Å²) in [5, 5.41) is 5.45. The van der Waals surface area contributed by atoms with E-state index in [0.717, 1.165) is 49.6 Å². The van der Waals surface area contributed by atoms with E-state index in [-0.39, 0.29) is 18.6 Å². The second-order valence-electron chi connectivity index (χ2n) is 7.59. The van der Waals surface area contributed by atoms with Crippen molar-refractivity contribution in [2.75, 3.05) is 25.2 Å². The maximum absolute atomic E-state index is 12.7. The summed E-state index contributed by atoms with van der Waals surface area (Å²) in [4.78, 5) is 19.7. The Labute approximate surface area is 169 Å². The van der Waals surface area contributed by atoms with Crippen LogP contribution in [-0.4, -0.2) is 35.7 Å². The first-order valence-corrected chi connectivity index (χ1v) is 10.0. The maximum atomic E-state index is 12.7. The zero-order chi connectivity index (χ0) is 19.6. The van der Waals surface area contributed by atoms with Crippen LogP contribution < -0.4 is 14.8 Å². The molecule has 2 aromatic carbocycles. The van der Waals surface area contributed by atoms with Crippen molar-refractivity contribution in [2.45, 2.75) is 19.4 Å². The molecule has 5 rings (SSSR count). The van der Waals surface area contributed by atoms with E-state index in [4.69, 9.17) is 9.47 Å². The topological polar surface area (TPSA) is 63.7 Å². The molecule has 1 amide bonds. The minimum absolute atomic E-state index is 0.0251. The maximum Gasteiger partial charge on any atom is 0.231 e. The summed E-state index contributed by atoms with van der Waals surface area (Å²) in [5.41, 5.74) is 1.85. The molecule has 6 nitrogen and oxygen atoms in total. The van der Waals surface area contributed by atoms with Gasteiger partial charge in [0.25, 0.3) is 0 Å². The van der Waals surface area contributed by atoms with Crippen LogP contribution in [0.15, 0.2) is 54.7 Å². The molecule has 0 saturated carbocycles. The third kappa shape index (κ3) is 3.76. The molecule has 2 aliphatic heterocycles. The van der Waals surface area contributed by atoms with Gasteiger partial charge in [0.15, 0.2) is 11.5 Å². The van der Waals surface area contributed by atoms with E-state index in [1.807, 2.05) is 30.5 Å². The van der Waals surface area contributed by atoms with Gasteiger partial charge in [0.2, 0.25) is 12.7 Å². The number of likely N-dealkylation sites (tertiary alicyclic amines) is 1. The Morgan fingerprint density at radius 1 is 1.07 bits per heavy atom. The number of rotatable bonds is 4. The smallest absolute Gasteiger partial charge is 0.231 e. The number of ether oxygens (including phenoxy) is 2. The van der Waals surface area contributed by atoms with E-state index < -0.39 is 0 Å². The predicted molar refractivity (Wildman–Crippen MR) is 111 cm³/mol. The Hall–Kier alpha value is -3.12. The zero-order valence-corrected chi connectivity index (χ0v) is 16.1. The van der Waals surface area contributed by atoms with Gasteiger partial charge >= 0.3 is 0 Å². The summed E-state index contributed by atoms with van der Waals surface area (Å²) in [7, 11) is 0. The fourth-order valence-corrected chi connectivity index (χ4v) is 4.09. The third-order valence-electron chi connectivity index (χ3n) is 5.73. The first-order chi connectivity index (χ1) is 14.3. The number of nitrogens with one attached hydrogen (secondary N) is 1. The van der Waals surface area contributed by atoms with E-state index in [1.165, 1.54) is 10.8 Å². The summed E-state index contributed by atoms with van der Waals surface area (Å²) in [6.45, 7) is 2.84. The number of nitrogens with zero attached hydrogens (tertiary/aromatic N) is 2. The molecule has 2 aliphatic rings. The molecule has 1 saturated heterocycles. The van der Waals surface area contributed by atoms with Gasteiger partial charge in [-0.1, -0.05) is 24.3 Å². The van der Waals surface area contributed by atoms with Gasteiger partial charge in [-0.3, -0.25) is 14.7 Å². The lowest BCUT2D eigenvalue weighted by molar-refractivity contribution is -0.121. The van der Waals surface area contributed by atoms with Crippen LogP contribution in [0.1, 0.15) is 18.5 Å². The first kappa shape index (κ1) is 17.9. The largest absolute Gasteiger partial charge is 0.454 e. The Bertz CT molecular complexity index is 1040. The standard InChI is InChI=1S/C23H23N3O3/c27-23(25-18-5-6-21-22(13-18)29-15-28-21)17-8-11-26(12-9-17)14-20-19-4-2-1-3-16(19)7-10-24-20/h1-7,10,13,17H,8-9,11-12,14-15H2,(H,25,27). The number of amides is 1. The van der Waals surface area contributed by atoms with Crippen molar-refractivity contribution in [3.63, 3.8) is 0 Å². The number of anilines is 1. The molecular weight excluding hydrogens is 366 g/mol. The SMILES string of the molecule is O=C(Nc1ccc2c(c1)OCO2)C1CCN(Cc2nccc3ccccc23)CC1. The van der Waals surface area contributed by atoms with E-state index in [0.29, 0.717) is 5.75 Å². The van der Waals surface area contributed by atoms with E-state index >= 15 is 0 Å². The van der Waals surface area contributed by atoms with Crippen LogP contribution in [0.2, 0.25) is 0 Å². The summed E-state index contributed by atoms with van der Waals surface area (Å²) in [6.07, 6.45) is 3.57. The summed E-state index contributed by atoms with van der Waals surface area (Å²) < 4.78 is 10.7. The zero-order valence-electron chi connectivity index (χ0n) is 16.1. The molecule has 1 fully saturated rings. The molecule has 0 bridgehead atoms. The van der Waals surface area contributed by atoms with Gasteiger partial charge in [0.1, 0.15) is 0 Å². The molecule has 0 atom stereocenters. The Morgan fingerprint density at radius 3 is 2.79 bits per heavy atom. The van der Waals surface area contributed by atoms with Crippen molar-refractivity contribution >= 4 is 22.4 Å². The molecule has 6 heteroatoms. The number of carbonyl (C=O) groups is 1. The number of piperidine rings is 1. The van der Waals surface area contributed by atoms with Crippen LogP contribution in [0.25, 0.3) is 10.8 Å². The summed E-state index contributed by atoms with van der Waals surface area (Å²) in [5.74, 6) is 1.50. The Morgan fingerprint density at radius 2 is 1.90 bits per heavy atom. The van der Waals surface area contributed by atoms with Crippen molar-refractivity contribution in [3.8, 4) is 11.5 Å². The quantitative estimate of drug-likeness (QED) is 0.735. The molecule has 0 unspecified atom stereocenters. The fourth-order valence-electron chi connectivity index (χ4n) is 4.09. The lowest BCUT2D eigenvalue weighted by Crippen LogP contribution is -2.38. The van der Waals surface area contributed by atoms with Gasteiger partial charge in [-0.25, -0.2) is 0 Å². The van der Waals surface area contributed by atoms with Crippen LogP contribution >= 0.6 is 0 Å². The second-order valence-corrected chi connectivity index (χ2v) is 7.59. The number of hydrogen-bond acceptors (Lipinski definition) is 5. The highest BCUT2D eigenvalue weighted by atomic mass is 16.7. The predicted octanol–water partition coefficient (Wildman–Crippen LogP) is 3.81. The third-order valence-corrected chi connectivity index (χ3v) is 5.73. The molecule has 0 aliphatic carbocycles. The number of hydrogen-bond donors (Lipinski definition) is 1. The lowest BCUT2D eigenvalue weighted by atomic mass is 9.95. The van der Waals surface area contributed by atoms with Crippen molar-refractivity contribution < 1.29 is 14.3 Å². The van der Waals surface area contributed by atoms with Crippen LogP contribution in [0.4, 0.5) is 5.69 Å². The number of aromatic nitrogens is 1. The average Bonchev–Trinajstić information content (AvgIpc) is 3.22. The van der Waals surface area contributed by atoms with E-state index in [1.54, 1.807) is 0 Å². The molecule has 1 aromatic heterocycles. The normalized spacial score (nSPS) is 16.8. The molecular formula is C23H23N3O3. The Balaban J connectivity index is 1.18. The van der Waals surface area contributed by atoms with Gasteiger partial charge in [-0.2, -0.15) is 0 Å². The lowest BCUT2D eigenvalue weighted by Gasteiger charge is -2.31. The number of pyridine rings is 1. The van der Waals surface area contributed by atoms with Crippen LogP contribution in [0, 0.1) is 5.92 Å². The van der Waals surface area contributed by atoms with Gasteiger partial charge in [-0.15, -0.1) is 0 Å². The van der Waals surface area contributed by atoms with Crippen molar-refractivity contribution in [2.24, 2.45) is 5.92 Å². The average molecular weight is 389 g/mol. The monoisotopic (exact) mass is 389 g/mol. The Kier molecular flexibility index (Phi) is 4.77. The van der Waals surface area contributed by atoms with E-state index in [9.17, 15) is 4.79 Å². The summed E-state index contributed by atoms with van der Waals surface area (Å²) in [6, 6.07) is 15.9. The second kappa shape index (κ2) is 7.72. The van der Waals surface area contributed by atoms with Crippen LogP contribution in [-0.2, 0) is 11.3 Å². The number of benzene rings is 2. The molecule has 1 N–H and O–H groups in total. The van der Waals surface area contributed by atoms with Crippen LogP contribution in [0.3, 0.4) is 0 Å². The molecule has 3 aromatic rings. The highest BCUT2D eigenvalue weighted by molar-refractivity contribution is 5.93. The van der Waals surface area contributed by atoms with Gasteiger partial charge in [-0.05, 0) is 49.5 Å². The van der Waals surface area contributed by atoms with Gasteiger partial charge in [0.05, 0.1) is 5.69 Å². The molecule has 0 spiro atoms. The molecule has 148 valence electrons. The number of carbonyl (C=O) groups excluding carboxylic acids is 1. The number of fused-ring (bicyclic) bond motifs is 2. The molecule has 29 heavy (non-hydrogen) atoms. The van der Waals surface area contributed by atoms with Crippen molar-refractivity contribution in [1.82, 2.24) is 9.88 Å². The minimum atomic E-state index is 0.0251. The minimum Gasteiger partial charge on any atom is -0.454 e. The highest BCUT2D eigenvalue weighted by Gasteiger charge is 2.26. The first-order valence-electron chi connectivity index (χ1n) is 10.0. The summed E-state index contributed by atoms with van der Waals surface area (Å²) >= 11 is 0. The highest BCUT2D eigenvalue weighted by Crippen LogP contribution is 2.34. The van der Waals surface area contributed by atoms with Gasteiger partial charge in [0, 0.05) is 35.8 Å². The van der Waals surface area contributed by atoms with Gasteiger partial charge < -0.3 is 14.8 Å². The molecule has 3 heterocycles. The van der Waals surface area contributed by atoms with Crippen molar-refractivity contribution in [1.29, 1.82) is 0 Å². The van der Waals surface area contributed by atoms with Crippen molar-refractivity contribution in [3.05, 3.63) is 60.4 Å². The molecule has 0 radical (unpaired) electrons. The van der Waals surface area contributed by atoms with E-state index in [2.05, 4.69) is 39.5 Å². The fraction of sp³-hybridized carbons (Fsp3) is 0.304. The van der Waals surface area contributed by atoms with Crippen LogP contribution in [0.5, 0.6) is 11.5 Å².